The zero-order valence-electron chi connectivity index (χ0n) is 36.8. The molecule has 0 saturated carbocycles. The molecule has 4 heterocycles. The summed E-state index contributed by atoms with van der Waals surface area (Å²) in [6, 6.07) is 29.5. The van der Waals surface area contributed by atoms with Gasteiger partial charge in [0.2, 0.25) is 5.91 Å². The molecule has 0 spiro atoms. The number of thioether (sulfide) groups is 1. The van der Waals surface area contributed by atoms with Crippen molar-refractivity contribution in [3.05, 3.63) is 136 Å². The van der Waals surface area contributed by atoms with E-state index in [4.69, 9.17) is 19.2 Å². The molecule has 2 atom stereocenters. The van der Waals surface area contributed by atoms with Crippen LogP contribution in [0.5, 0.6) is 17.2 Å². The molecule has 3 amide bonds. The second-order valence-electron chi connectivity index (χ2n) is 17.9. The largest absolute Gasteiger partial charge is 0.493 e. The Morgan fingerprint density at radius 3 is 2.19 bits per heavy atom. The number of carbonyl (C=O) groups excluding carboxylic acids is 3. The topological polar surface area (TPSA) is 110 Å². The highest BCUT2D eigenvalue weighted by Crippen LogP contribution is 2.42. The predicted molar refractivity (Wildman–Crippen MR) is 252 cm³/mol. The van der Waals surface area contributed by atoms with Gasteiger partial charge in [-0.3, -0.25) is 24.3 Å². The lowest BCUT2D eigenvalue weighted by Crippen LogP contribution is -2.37. The van der Waals surface area contributed by atoms with E-state index in [9.17, 15) is 14.4 Å². The van der Waals surface area contributed by atoms with Gasteiger partial charge in [0, 0.05) is 58.5 Å². The average molecular weight is 863 g/mol. The van der Waals surface area contributed by atoms with Crippen LogP contribution in [-0.2, 0) is 37.3 Å². The predicted octanol–water partition coefficient (Wildman–Crippen LogP) is 10.6. The van der Waals surface area contributed by atoms with Crippen LogP contribution in [0.2, 0.25) is 0 Å². The molecular weight excluding hydrogens is 809 g/mol. The van der Waals surface area contributed by atoms with Crippen LogP contribution in [0.4, 0.5) is 22.7 Å². The van der Waals surface area contributed by atoms with Crippen LogP contribution >= 0.6 is 11.8 Å². The molecule has 4 aliphatic rings. The molecule has 0 bridgehead atoms. The van der Waals surface area contributed by atoms with Gasteiger partial charge in [-0.05, 0) is 120 Å². The molecular formula is C52H54N4O6S. The summed E-state index contributed by atoms with van der Waals surface area (Å²) in [6.45, 7) is 11.0. The van der Waals surface area contributed by atoms with Crippen LogP contribution in [0.3, 0.4) is 0 Å². The van der Waals surface area contributed by atoms with Crippen LogP contribution in [-0.4, -0.2) is 53.1 Å². The van der Waals surface area contributed by atoms with Crippen molar-refractivity contribution >= 4 is 58.4 Å². The van der Waals surface area contributed by atoms with E-state index in [1.54, 1.807) is 7.11 Å². The van der Waals surface area contributed by atoms with E-state index in [1.807, 2.05) is 114 Å². The summed E-state index contributed by atoms with van der Waals surface area (Å²) < 4.78 is 18.8. The Kier molecular flexibility index (Phi) is 11.6. The number of hydrogen-bond acceptors (Lipinski definition) is 8. The lowest BCUT2D eigenvalue weighted by molar-refractivity contribution is -0.116. The number of rotatable bonds is 13. The first-order chi connectivity index (χ1) is 30.3. The van der Waals surface area contributed by atoms with Crippen LogP contribution in [0.1, 0.15) is 101 Å². The van der Waals surface area contributed by atoms with Crippen molar-refractivity contribution in [1.82, 2.24) is 0 Å². The molecule has 0 fully saturated rings. The molecule has 4 aliphatic heterocycles. The highest BCUT2D eigenvalue weighted by molar-refractivity contribution is 8.01. The number of aliphatic imine (C=N–C) groups is 1. The molecule has 0 aliphatic carbocycles. The van der Waals surface area contributed by atoms with Crippen molar-refractivity contribution in [2.75, 3.05) is 22.2 Å². The quantitative estimate of drug-likeness (QED) is 0.126. The average Bonchev–Trinajstić information content (AvgIpc) is 3.75. The van der Waals surface area contributed by atoms with Crippen molar-refractivity contribution in [3.63, 3.8) is 0 Å². The van der Waals surface area contributed by atoms with E-state index in [2.05, 4.69) is 45.1 Å². The van der Waals surface area contributed by atoms with Gasteiger partial charge in [-0.1, -0.05) is 64.1 Å². The van der Waals surface area contributed by atoms with Crippen molar-refractivity contribution in [2.45, 2.75) is 108 Å². The van der Waals surface area contributed by atoms with Gasteiger partial charge >= 0.3 is 0 Å². The maximum absolute atomic E-state index is 14.1. The van der Waals surface area contributed by atoms with Crippen molar-refractivity contribution in [2.24, 2.45) is 4.99 Å². The third kappa shape index (κ3) is 8.68. The number of nitrogens with zero attached hydrogens (tertiary/aromatic N) is 3. The van der Waals surface area contributed by atoms with Crippen LogP contribution < -0.4 is 29.3 Å². The third-order valence-electron chi connectivity index (χ3n) is 12.4. The second kappa shape index (κ2) is 17.2. The van der Waals surface area contributed by atoms with Gasteiger partial charge in [-0.2, -0.15) is 11.8 Å². The molecule has 0 saturated heterocycles. The standard InChI is InChI=1S/C52H54N4O6S/c1-31(2)63-52(4,5)18-17-49(57)54-38-21-33(29-61-46-27-43-42(19-32(46)3)51(59)56-40(28-53-43)24-37-12-8-10-14-45(37)56)20-34(22-38)30-62-48-25-35-15-16-39-23-36-11-7-9-13-44(36)55(39)50(58)41(35)26-47(48)60-6/h7-14,19-22,25-28,31,39-40H,15-18,23-24,29-30H2,1-6H3,(H,54,57). The zero-order valence-corrected chi connectivity index (χ0v) is 37.6. The molecule has 1 N–H and O–H groups in total. The Balaban J connectivity index is 0.957. The van der Waals surface area contributed by atoms with Crippen LogP contribution in [0.25, 0.3) is 0 Å². The first kappa shape index (κ1) is 42.2. The highest BCUT2D eigenvalue weighted by Gasteiger charge is 2.38. The maximum atomic E-state index is 14.1. The first-order valence-corrected chi connectivity index (χ1v) is 22.8. The number of ether oxygens (including phenoxy) is 3. The Labute approximate surface area is 374 Å². The summed E-state index contributed by atoms with van der Waals surface area (Å²) in [5.74, 6) is 1.48. The summed E-state index contributed by atoms with van der Waals surface area (Å²) >= 11 is 1.87. The number of amides is 3. The smallest absolute Gasteiger partial charge is 0.261 e. The summed E-state index contributed by atoms with van der Waals surface area (Å²) in [4.78, 5) is 50.1. The van der Waals surface area contributed by atoms with Crippen LogP contribution in [0, 0.1) is 6.92 Å². The van der Waals surface area contributed by atoms with E-state index < -0.39 is 0 Å². The minimum atomic E-state index is -0.144. The Morgan fingerprint density at radius 2 is 1.48 bits per heavy atom. The van der Waals surface area contributed by atoms with Crippen molar-refractivity contribution in [3.8, 4) is 17.2 Å². The molecule has 11 heteroatoms. The van der Waals surface area contributed by atoms with E-state index >= 15 is 0 Å². The molecule has 5 aromatic rings. The Bertz CT molecular complexity index is 2660. The summed E-state index contributed by atoms with van der Waals surface area (Å²) in [5.41, 5.74) is 10.0. The number of methoxy groups -OCH3 is 1. The molecule has 9 rings (SSSR count). The Hall–Kier alpha value is -6.07. The molecule has 5 aromatic carbocycles. The maximum Gasteiger partial charge on any atom is 0.261 e. The molecule has 0 radical (unpaired) electrons. The van der Waals surface area contributed by atoms with E-state index in [1.165, 1.54) is 5.56 Å². The fourth-order valence-corrected chi connectivity index (χ4v) is 11.1. The number of anilines is 3. The van der Waals surface area contributed by atoms with E-state index in [-0.39, 0.29) is 47.8 Å². The van der Waals surface area contributed by atoms with Gasteiger partial charge in [0.15, 0.2) is 11.5 Å². The fourth-order valence-electron chi connectivity index (χ4n) is 9.56. The number of benzene rings is 5. The van der Waals surface area contributed by atoms with Crippen molar-refractivity contribution < 1.29 is 28.6 Å². The number of aryl methyl sites for hydroxylation is 2. The lowest BCUT2D eigenvalue weighted by Gasteiger charge is -2.26. The fraction of sp³-hybridized carbons (Fsp3) is 0.346. The number of hydrogen-bond donors (Lipinski definition) is 1. The summed E-state index contributed by atoms with van der Waals surface area (Å²) in [5, 5.41) is 3.61. The number of para-hydroxylation sites is 2. The molecule has 63 heavy (non-hydrogen) atoms. The monoisotopic (exact) mass is 862 g/mol. The normalized spacial score (nSPS) is 17.3. The van der Waals surface area contributed by atoms with Crippen molar-refractivity contribution in [1.29, 1.82) is 0 Å². The van der Waals surface area contributed by atoms with E-state index in [0.717, 1.165) is 71.3 Å². The summed E-state index contributed by atoms with van der Waals surface area (Å²) in [6.07, 6.45) is 6.13. The number of nitrogens with one attached hydrogen (secondary N) is 1. The Morgan fingerprint density at radius 1 is 0.810 bits per heavy atom. The first-order valence-electron chi connectivity index (χ1n) is 21.9. The molecule has 0 aromatic heterocycles. The number of fused-ring (bicyclic) bond motifs is 8. The van der Waals surface area contributed by atoms with Gasteiger partial charge < -0.3 is 24.4 Å². The zero-order chi connectivity index (χ0) is 44.0. The van der Waals surface area contributed by atoms with Crippen LogP contribution in [0.15, 0.2) is 96.0 Å². The van der Waals surface area contributed by atoms with Gasteiger partial charge in [0.1, 0.15) is 19.0 Å². The molecule has 324 valence electrons. The minimum Gasteiger partial charge on any atom is -0.493 e. The van der Waals surface area contributed by atoms with Gasteiger partial charge in [-0.25, -0.2) is 0 Å². The highest BCUT2D eigenvalue weighted by atomic mass is 32.2. The lowest BCUT2D eigenvalue weighted by atomic mass is 9.99. The molecule has 2 unspecified atom stereocenters. The molecule has 10 nitrogen and oxygen atoms in total. The second-order valence-corrected chi connectivity index (χ2v) is 20.2. The SMILES string of the molecule is COc1cc2c(cc1OCc1cc(COc3cc4c(cc3C)C(=O)N3c5ccccc5CC3C=N4)cc(NC(=O)CCC(C)(C)SC(C)C)c1)CCC1Cc3ccccc3N1C2=O. The van der Waals surface area contributed by atoms with Gasteiger partial charge in [0.05, 0.1) is 24.4 Å². The van der Waals surface area contributed by atoms with Gasteiger partial charge in [-0.15, -0.1) is 0 Å². The number of carbonyl (C=O) groups is 3. The van der Waals surface area contributed by atoms with E-state index in [0.29, 0.717) is 51.4 Å². The third-order valence-corrected chi connectivity index (χ3v) is 13.7. The van der Waals surface area contributed by atoms with Gasteiger partial charge in [0.25, 0.3) is 11.8 Å². The summed E-state index contributed by atoms with van der Waals surface area (Å²) in [7, 11) is 1.59. The minimum absolute atomic E-state index is 0.0178.